The molecule has 0 bridgehead atoms. The molecule has 2 saturated heterocycles. The van der Waals surface area contributed by atoms with E-state index >= 15 is 0 Å². The molecule has 1 aromatic rings. The van der Waals surface area contributed by atoms with Crippen LogP contribution < -0.4 is 5.32 Å². The van der Waals surface area contributed by atoms with Gasteiger partial charge in [-0.15, -0.1) is 12.4 Å². The van der Waals surface area contributed by atoms with E-state index in [-0.39, 0.29) is 18.3 Å². The predicted molar refractivity (Wildman–Crippen MR) is 89.8 cm³/mol. The summed E-state index contributed by atoms with van der Waals surface area (Å²) >= 11 is 0. The first kappa shape index (κ1) is 20.7. The van der Waals surface area contributed by atoms with Gasteiger partial charge in [-0.3, -0.25) is 9.59 Å². The highest BCUT2D eigenvalue weighted by molar-refractivity contribution is 5.98. The van der Waals surface area contributed by atoms with Crippen molar-refractivity contribution in [3.05, 3.63) is 35.1 Å². The Morgan fingerprint density at radius 3 is 2.27 bits per heavy atom. The molecule has 1 unspecified atom stereocenters. The van der Waals surface area contributed by atoms with Gasteiger partial charge in [0.25, 0.3) is 0 Å². The lowest BCUT2D eigenvalue weighted by Gasteiger charge is -2.35. The van der Waals surface area contributed by atoms with Crippen molar-refractivity contribution in [2.24, 2.45) is 5.92 Å². The molecule has 2 aliphatic heterocycles. The predicted octanol–water partition coefficient (Wildman–Crippen LogP) is 1.94. The van der Waals surface area contributed by atoms with Crippen LogP contribution in [0.3, 0.4) is 0 Å². The maximum atomic E-state index is 13.8. The number of morpholine rings is 1. The fraction of sp³-hybridized carbons (Fsp3) is 0.529. The summed E-state index contributed by atoms with van der Waals surface area (Å²) in [5.74, 6) is -4.80. The zero-order chi connectivity index (χ0) is 18.0. The lowest BCUT2D eigenvalue weighted by Crippen LogP contribution is -2.54. The lowest BCUT2D eigenvalue weighted by molar-refractivity contribution is -0.137. The van der Waals surface area contributed by atoms with Crippen molar-refractivity contribution in [2.75, 3.05) is 32.8 Å². The van der Waals surface area contributed by atoms with Crippen molar-refractivity contribution in [2.45, 2.75) is 18.9 Å². The molecule has 5 nitrogen and oxygen atoms in total. The zero-order valence-electron chi connectivity index (χ0n) is 14.0. The van der Waals surface area contributed by atoms with Crippen molar-refractivity contribution in [3.63, 3.8) is 0 Å². The topological polar surface area (TPSA) is 58.6 Å². The average molecular weight is 393 g/mol. The molecule has 9 heteroatoms. The maximum Gasteiger partial charge on any atom is 0.242 e. The van der Waals surface area contributed by atoms with Gasteiger partial charge in [-0.25, -0.2) is 13.2 Å². The number of likely N-dealkylation sites (tertiary alicyclic amines) is 1. The molecule has 1 atom stereocenters. The van der Waals surface area contributed by atoms with Gasteiger partial charge in [0.1, 0.15) is 23.5 Å². The van der Waals surface area contributed by atoms with Crippen LogP contribution in [0.2, 0.25) is 0 Å². The number of benzene rings is 1. The Balaban J connectivity index is 0.00000243. The molecule has 3 rings (SSSR count). The highest BCUT2D eigenvalue weighted by Crippen LogP contribution is 2.25. The SMILES string of the molecule is Cl.O=C(c1c(F)cc(F)cc1F)C1CCN(C(=O)C2COCCN2)CC1. The number of hydrogen-bond acceptors (Lipinski definition) is 4. The monoisotopic (exact) mass is 392 g/mol. The van der Waals surface area contributed by atoms with Crippen LogP contribution >= 0.6 is 12.4 Å². The highest BCUT2D eigenvalue weighted by Gasteiger charge is 2.33. The third-order valence-electron chi connectivity index (χ3n) is 4.65. The molecule has 2 fully saturated rings. The summed E-state index contributed by atoms with van der Waals surface area (Å²) in [6, 6.07) is 0.612. The second kappa shape index (κ2) is 8.83. The molecule has 0 aliphatic carbocycles. The molecular weight excluding hydrogens is 373 g/mol. The quantitative estimate of drug-likeness (QED) is 0.799. The Bertz CT molecular complexity index is 652. The lowest BCUT2D eigenvalue weighted by atomic mass is 9.88. The van der Waals surface area contributed by atoms with Crippen LogP contribution in [0.1, 0.15) is 23.2 Å². The summed E-state index contributed by atoms with van der Waals surface area (Å²) in [6.07, 6.45) is 0.628. The molecular formula is C17H20ClF3N2O3. The molecule has 0 radical (unpaired) electrons. The van der Waals surface area contributed by atoms with Crippen LogP contribution in [-0.2, 0) is 9.53 Å². The second-order valence-corrected chi connectivity index (χ2v) is 6.29. The number of amides is 1. The number of Topliss-reactive ketones (excluding diaryl/α,β-unsaturated/α-hetero) is 1. The van der Waals surface area contributed by atoms with Crippen LogP contribution in [0.5, 0.6) is 0 Å². The summed E-state index contributed by atoms with van der Waals surface area (Å²) < 4.78 is 45.8. The van der Waals surface area contributed by atoms with Crippen molar-refractivity contribution in [1.29, 1.82) is 0 Å². The van der Waals surface area contributed by atoms with Gasteiger partial charge in [0.2, 0.25) is 5.91 Å². The van der Waals surface area contributed by atoms with Crippen LogP contribution in [0.25, 0.3) is 0 Å². The molecule has 144 valence electrons. The van der Waals surface area contributed by atoms with E-state index in [1.54, 1.807) is 4.90 Å². The summed E-state index contributed by atoms with van der Waals surface area (Å²) in [5.41, 5.74) is -0.700. The van der Waals surface area contributed by atoms with Gasteiger partial charge < -0.3 is 15.0 Å². The summed E-state index contributed by atoms with van der Waals surface area (Å²) in [7, 11) is 0. The number of hydrogen-bond donors (Lipinski definition) is 1. The number of ketones is 1. The largest absolute Gasteiger partial charge is 0.378 e. The van der Waals surface area contributed by atoms with Crippen LogP contribution in [0, 0.1) is 23.4 Å². The zero-order valence-corrected chi connectivity index (χ0v) is 14.8. The van der Waals surface area contributed by atoms with Gasteiger partial charge >= 0.3 is 0 Å². The maximum absolute atomic E-state index is 13.8. The number of ether oxygens (including phenoxy) is 1. The number of nitrogens with one attached hydrogen (secondary N) is 1. The molecule has 1 aromatic carbocycles. The third-order valence-corrected chi connectivity index (χ3v) is 4.65. The Morgan fingerprint density at radius 1 is 1.12 bits per heavy atom. The standard InChI is InChI=1S/C17H19F3N2O3.ClH/c18-11-7-12(19)15(13(20)8-11)16(23)10-1-4-22(5-2-10)17(24)14-9-25-6-3-21-14;/h7-8,10,14,21H,1-6,9H2;1H. The summed E-state index contributed by atoms with van der Waals surface area (Å²) in [5, 5.41) is 3.08. The van der Waals surface area contributed by atoms with Crippen molar-refractivity contribution in [3.8, 4) is 0 Å². The Morgan fingerprint density at radius 2 is 1.73 bits per heavy atom. The van der Waals surface area contributed by atoms with E-state index in [2.05, 4.69) is 5.32 Å². The molecule has 2 aliphatic rings. The normalized spacial score (nSPS) is 21.2. The van der Waals surface area contributed by atoms with Gasteiger partial charge in [0.05, 0.1) is 18.8 Å². The molecule has 2 heterocycles. The smallest absolute Gasteiger partial charge is 0.242 e. The minimum atomic E-state index is -1.19. The van der Waals surface area contributed by atoms with Gasteiger partial charge in [-0.1, -0.05) is 0 Å². The number of carbonyl (C=O) groups excluding carboxylic acids is 2. The third kappa shape index (κ3) is 4.36. The first-order chi connectivity index (χ1) is 12.0. The average Bonchev–Trinajstić information content (AvgIpc) is 2.61. The van der Waals surface area contributed by atoms with E-state index < -0.39 is 40.8 Å². The van der Waals surface area contributed by atoms with E-state index in [1.165, 1.54) is 0 Å². The molecule has 1 N–H and O–H groups in total. The van der Waals surface area contributed by atoms with Gasteiger partial charge in [-0.2, -0.15) is 0 Å². The van der Waals surface area contributed by atoms with E-state index in [9.17, 15) is 22.8 Å². The fourth-order valence-corrected chi connectivity index (χ4v) is 3.29. The van der Waals surface area contributed by atoms with E-state index in [0.717, 1.165) is 0 Å². The van der Waals surface area contributed by atoms with Crippen LogP contribution in [0.4, 0.5) is 13.2 Å². The van der Waals surface area contributed by atoms with E-state index in [1.807, 2.05) is 0 Å². The Kier molecular flexibility index (Phi) is 7.02. The van der Waals surface area contributed by atoms with E-state index in [0.29, 0.717) is 57.8 Å². The summed E-state index contributed by atoms with van der Waals surface area (Å²) in [6.45, 7) is 2.14. The van der Waals surface area contributed by atoms with Gasteiger partial charge in [0.15, 0.2) is 5.78 Å². The van der Waals surface area contributed by atoms with Crippen molar-refractivity contribution < 1.29 is 27.5 Å². The number of carbonyl (C=O) groups is 2. The minimum absolute atomic E-state index is 0. The highest BCUT2D eigenvalue weighted by atomic mass is 35.5. The first-order valence-corrected chi connectivity index (χ1v) is 8.26. The minimum Gasteiger partial charge on any atom is -0.378 e. The Hall–Kier alpha value is -1.64. The van der Waals surface area contributed by atoms with Crippen LogP contribution in [0.15, 0.2) is 12.1 Å². The number of rotatable bonds is 3. The van der Waals surface area contributed by atoms with E-state index in [4.69, 9.17) is 4.74 Å². The molecule has 0 aromatic heterocycles. The molecule has 1 amide bonds. The molecule has 0 saturated carbocycles. The second-order valence-electron chi connectivity index (χ2n) is 6.29. The Labute approximate surface area is 155 Å². The molecule has 0 spiro atoms. The summed E-state index contributed by atoms with van der Waals surface area (Å²) in [4.78, 5) is 26.4. The van der Waals surface area contributed by atoms with Crippen molar-refractivity contribution in [1.82, 2.24) is 10.2 Å². The first-order valence-electron chi connectivity index (χ1n) is 8.26. The van der Waals surface area contributed by atoms with Crippen molar-refractivity contribution >= 4 is 24.1 Å². The van der Waals surface area contributed by atoms with Gasteiger partial charge in [0, 0.05) is 37.7 Å². The number of nitrogens with zero attached hydrogens (tertiary/aromatic N) is 1. The van der Waals surface area contributed by atoms with Crippen LogP contribution in [-0.4, -0.2) is 55.5 Å². The fourth-order valence-electron chi connectivity index (χ4n) is 3.29. The molecule has 26 heavy (non-hydrogen) atoms. The number of halogens is 4. The van der Waals surface area contributed by atoms with Gasteiger partial charge in [-0.05, 0) is 12.8 Å². The number of piperidine rings is 1.